The molecule has 1 aromatic rings. The van der Waals surface area contributed by atoms with Crippen LogP contribution in [0.15, 0.2) is 29.2 Å². The van der Waals surface area contributed by atoms with Gasteiger partial charge in [-0.1, -0.05) is 19.1 Å². The lowest BCUT2D eigenvalue weighted by molar-refractivity contribution is -0.167. The standard InChI is InChI=1S/C12H14O5S/c1-8-6-10-4-3-5-11(7-10)18(14,15)17-12(8)16-9(2)13/h3-5,7-8,12H,6H2,1-2H3/t8?,12-/m0/s1. The second kappa shape index (κ2) is 4.70. The molecule has 0 aromatic heterocycles. The van der Waals surface area contributed by atoms with Crippen molar-refractivity contribution in [1.82, 2.24) is 0 Å². The Bertz CT molecular complexity index is 564. The van der Waals surface area contributed by atoms with E-state index in [9.17, 15) is 13.2 Å². The molecule has 98 valence electrons. The van der Waals surface area contributed by atoms with E-state index in [4.69, 9.17) is 8.92 Å². The first-order valence-corrected chi connectivity index (χ1v) is 6.99. The third-order valence-electron chi connectivity index (χ3n) is 2.71. The quantitative estimate of drug-likeness (QED) is 0.571. The van der Waals surface area contributed by atoms with Gasteiger partial charge in [-0.2, -0.15) is 8.42 Å². The van der Waals surface area contributed by atoms with Crippen LogP contribution in [0.25, 0.3) is 0 Å². The van der Waals surface area contributed by atoms with Gasteiger partial charge in [0.25, 0.3) is 10.1 Å². The molecule has 0 fully saturated rings. The first kappa shape index (κ1) is 13.0. The van der Waals surface area contributed by atoms with E-state index in [0.29, 0.717) is 6.42 Å². The highest BCUT2D eigenvalue weighted by Crippen LogP contribution is 2.26. The molecule has 1 aliphatic heterocycles. The average Bonchev–Trinajstić information content (AvgIpc) is 2.26. The van der Waals surface area contributed by atoms with Gasteiger partial charge >= 0.3 is 5.97 Å². The van der Waals surface area contributed by atoms with Crippen LogP contribution in [0.2, 0.25) is 0 Å². The van der Waals surface area contributed by atoms with Gasteiger partial charge in [-0.25, -0.2) is 4.18 Å². The zero-order valence-corrected chi connectivity index (χ0v) is 10.9. The fourth-order valence-electron chi connectivity index (χ4n) is 1.87. The summed E-state index contributed by atoms with van der Waals surface area (Å²) in [6.07, 6.45) is -0.493. The van der Waals surface area contributed by atoms with Gasteiger partial charge in [0, 0.05) is 12.8 Å². The van der Waals surface area contributed by atoms with Crippen LogP contribution < -0.4 is 0 Å². The van der Waals surface area contributed by atoms with Gasteiger partial charge in [-0.3, -0.25) is 4.79 Å². The SMILES string of the molecule is CC(=O)O[C@H]1OS(=O)(=O)c2cccc(c2)CC1C. The molecule has 1 aromatic carbocycles. The Morgan fingerprint density at radius 2 is 2.17 bits per heavy atom. The van der Waals surface area contributed by atoms with Crippen molar-refractivity contribution in [3.63, 3.8) is 0 Å². The zero-order chi connectivity index (χ0) is 13.3. The van der Waals surface area contributed by atoms with Gasteiger partial charge in [0.05, 0.1) is 4.90 Å². The molecule has 0 radical (unpaired) electrons. The number of rotatable bonds is 1. The summed E-state index contributed by atoms with van der Waals surface area (Å²) in [6.45, 7) is 3.00. The zero-order valence-electron chi connectivity index (χ0n) is 10.1. The molecular weight excluding hydrogens is 256 g/mol. The molecule has 0 saturated heterocycles. The Morgan fingerprint density at radius 3 is 2.83 bits per heavy atom. The van der Waals surface area contributed by atoms with Crippen LogP contribution in [0.3, 0.4) is 0 Å². The number of ether oxygens (including phenoxy) is 1. The fraction of sp³-hybridized carbons (Fsp3) is 0.417. The maximum Gasteiger partial charge on any atom is 0.304 e. The largest absolute Gasteiger partial charge is 0.434 e. The first-order chi connectivity index (χ1) is 8.38. The van der Waals surface area contributed by atoms with Gasteiger partial charge in [0.2, 0.25) is 6.29 Å². The van der Waals surface area contributed by atoms with Crippen molar-refractivity contribution in [2.24, 2.45) is 5.92 Å². The molecule has 0 aliphatic carbocycles. The van der Waals surface area contributed by atoms with E-state index in [-0.39, 0.29) is 10.8 Å². The summed E-state index contributed by atoms with van der Waals surface area (Å²) in [5.41, 5.74) is 0.879. The smallest absolute Gasteiger partial charge is 0.304 e. The minimum atomic E-state index is -3.89. The van der Waals surface area contributed by atoms with Crippen molar-refractivity contribution in [3.05, 3.63) is 29.8 Å². The van der Waals surface area contributed by atoms with E-state index in [1.165, 1.54) is 13.0 Å². The third-order valence-corrected chi connectivity index (χ3v) is 3.99. The van der Waals surface area contributed by atoms with Crippen LogP contribution in [-0.4, -0.2) is 20.7 Å². The molecule has 1 unspecified atom stereocenters. The molecule has 2 bridgehead atoms. The van der Waals surface area contributed by atoms with Gasteiger partial charge < -0.3 is 4.74 Å². The van der Waals surface area contributed by atoms with Crippen molar-refractivity contribution < 1.29 is 22.1 Å². The molecule has 0 spiro atoms. The van der Waals surface area contributed by atoms with Crippen LogP contribution in [0, 0.1) is 5.92 Å². The number of carbonyl (C=O) groups excluding carboxylic acids is 1. The molecular formula is C12H14O5S. The van der Waals surface area contributed by atoms with Crippen LogP contribution in [0.1, 0.15) is 19.4 Å². The summed E-state index contributed by atoms with van der Waals surface area (Å²) in [4.78, 5) is 11.1. The fourth-order valence-corrected chi connectivity index (χ4v) is 3.00. The number of benzene rings is 1. The second-order valence-corrected chi connectivity index (χ2v) is 5.93. The minimum absolute atomic E-state index is 0.0871. The monoisotopic (exact) mass is 270 g/mol. The van der Waals surface area contributed by atoms with Gasteiger partial charge in [-0.15, -0.1) is 0 Å². The Kier molecular flexibility index (Phi) is 3.41. The van der Waals surface area contributed by atoms with Gasteiger partial charge in [0.1, 0.15) is 0 Å². The maximum absolute atomic E-state index is 11.9. The molecule has 2 atom stereocenters. The second-order valence-electron chi connectivity index (χ2n) is 4.36. The molecule has 18 heavy (non-hydrogen) atoms. The number of fused-ring (bicyclic) bond motifs is 2. The van der Waals surface area contributed by atoms with E-state index in [1.807, 2.05) is 6.07 Å². The maximum atomic E-state index is 11.9. The number of hydrogen-bond donors (Lipinski definition) is 0. The van der Waals surface area contributed by atoms with Gasteiger partial charge in [-0.05, 0) is 24.1 Å². The van der Waals surface area contributed by atoms with Crippen molar-refractivity contribution in [2.45, 2.75) is 31.5 Å². The minimum Gasteiger partial charge on any atom is -0.434 e. The predicted octanol–water partition coefficient (Wildman–Crippen LogP) is 1.47. The lowest BCUT2D eigenvalue weighted by Crippen LogP contribution is -2.32. The van der Waals surface area contributed by atoms with E-state index < -0.39 is 22.4 Å². The molecule has 6 heteroatoms. The molecule has 5 nitrogen and oxygen atoms in total. The Balaban J connectivity index is 2.41. The average molecular weight is 270 g/mol. The summed E-state index contributed by atoms with van der Waals surface area (Å²) in [6, 6.07) is 6.55. The summed E-state index contributed by atoms with van der Waals surface area (Å²) in [5.74, 6) is -0.800. The number of hydrogen-bond acceptors (Lipinski definition) is 5. The molecule has 1 heterocycles. The summed E-state index contributed by atoms with van der Waals surface area (Å²) in [5, 5.41) is 0. The normalized spacial score (nSPS) is 25.9. The highest BCUT2D eigenvalue weighted by Gasteiger charge is 2.31. The first-order valence-electron chi connectivity index (χ1n) is 5.58. The molecule has 0 saturated carbocycles. The Hall–Kier alpha value is -1.40. The van der Waals surface area contributed by atoms with Crippen molar-refractivity contribution in [2.75, 3.05) is 0 Å². The molecule has 1 aliphatic rings. The van der Waals surface area contributed by atoms with Crippen LogP contribution in [-0.2, 0) is 30.3 Å². The van der Waals surface area contributed by atoms with Crippen molar-refractivity contribution in [3.8, 4) is 0 Å². The lowest BCUT2D eigenvalue weighted by Gasteiger charge is -2.25. The van der Waals surface area contributed by atoms with E-state index in [2.05, 4.69) is 0 Å². The summed E-state index contributed by atoms with van der Waals surface area (Å²) >= 11 is 0. The summed E-state index contributed by atoms with van der Waals surface area (Å²) < 4.78 is 33.8. The van der Waals surface area contributed by atoms with Crippen molar-refractivity contribution >= 4 is 16.1 Å². The molecule has 0 amide bonds. The van der Waals surface area contributed by atoms with Crippen LogP contribution in [0.5, 0.6) is 0 Å². The highest BCUT2D eigenvalue weighted by atomic mass is 32.2. The summed E-state index contributed by atoms with van der Waals surface area (Å²) in [7, 11) is -3.89. The van der Waals surface area contributed by atoms with Crippen LogP contribution in [0.4, 0.5) is 0 Å². The predicted molar refractivity (Wildman–Crippen MR) is 63.1 cm³/mol. The van der Waals surface area contributed by atoms with E-state index >= 15 is 0 Å². The topological polar surface area (TPSA) is 69.7 Å². The number of esters is 1. The Morgan fingerprint density at radius 1 is 1.44 bits per heavy atom. The van der Waals surface area contributed by atoms with Crippen molar-refractivity contribution in [1.29, 1.82) is 0 Å². The molecule has 2 rings (SSSR count). The third kappa shape index (κ3) is 2.70. The van der Waals surface area contributed by atoms with Crippen LogP contribution >= 0.6 is 0 Å². The number of carbonyl (C=O) groups is 1. The van der Waals surface area contributed by atoms with E-state index in [1.54, 1.807) is 19.1 Å². The highest BCUT2D eigenvalue weighted by molar-refractivity contribution is 7.86. The lowest BCUT2D eigenvalue weighted by atomic mass is 10.0. The molecule has 0 N–H and O–H groups in total. The Labute approximate surface area is 106 Å². The van der Waals surface area contributed by atoms with E-state index in [0.717, 1.165) is 5.56 Å². The van der Waals surface area contributed by atoms with Gasteiger partial charge in [0.15, 0.2) is 0 Å².